The van der Waals surface area contributed by atoms with Crippen molar-refractivity contribution in [3.05, 3.63) is 23.2 Å². The van der Waals surface area contributed by atoms with Crippen molar-refractivity contribution in [1.29, 1.82) is 0 Å². The molecule has 0 atom stereocenters. The minimum atomic E-state index is 0.543. The highest BCUT2D eigenvalue weighted by Crippen LogP contribution is 2.30. The van der Waals surface area contributed by atoms with Gasteiger partial charge in [0.1, 0.15) is 6.73 Å². The number of benzene rings is 1. The summed E-state index contributed by atoms with van der Waals surface area (Å²) in [5, 5.41) is 0.639. The van der Waals surface area contributed by atoms with Gasteiger partial charge < -0.3 is 14.2 Å². The lowest BCUT2D eigenvalue weighted by molar-refractivity contribution is 0.00355. The fraction of sp³-hybridized carbons (Fsp3) is 0.500. The van der Waals surface area contributed by atoms with Crippen molar-refractivity contribution in [2.24, 2.45) is 0 Å². The molecule has 1 aliphatic heterocycles. The fourth-order valence-corrected chi connectivity index (χ4v) is 1.81. The van der Waals surface area contributed by atoms with E-state index in [1.165, 1.54) is 0 Å². The second kappa shape index (κ2) is 6.10. The van der Waals surface area contributed by atoms with Crippen LogP contribution in [0.25, 0.3) is 0 Å². The quantitative estimate of drug-likeness (QED) is 0.826. The van der Waals surface area contributed by atoms with Crippen LogP contribution in [0.1, 0.15) is 0 Å². The summed E-state index contributed by atoms with van der Waals surface area (Å²) in [5.74, 6) is 1.37. The van der Waals surface area contributed by atoms with Crippen LogP contribution in [0.3, 0.4) is 0 Å². The van der Waals surface area contributed by atoms with Crippen molar-refractivity contribution >= 4 is 11.6 Å². The molecule has 0 bridgehead atoms. The first-order valence-electron chi connectivity index (χ1n) is 5.56. The fourth-order valence-electron chi connectivity index (χ4n) is 1.65. The lowest BCUT2D eigenvalue weighted by atomic mass is 10.3. The zero-order chi connectivity index (χ0) is 12.1. The highest BCUT2D eigenvalue weighted by molar-refractivity contribution is 6.30. The maximum Gasteiger partial charge on any atom is 0.163 e. The Morgan fingerprint density at radius 1 is 1.29 bits per heavy atom. The van der Waals surface area contributed by atoms with E-state index in [0.29, 0.717) is 23.3 Å². The molecular formula is C12H16ClNO3. The molecule has 0 aliphatic carbocycles. The lowest BCUT2D eigenvalue weighted by Crippen LogP contribution is -2.38. The minimum absolute atomic E-state index is 0.543. The van der Waals surface area contributed by atoms with E-state index < -0.39 is 0 Å². The Balaban J connectivity index is 1.93. The van der Waals surface area contributed by atoms with Gasteiger partial charge in [-0.3, -0.25) is 4.90 Å². The van der Waals surface area contributed by atoms with Crippen LogP contribution in [0.15, 0.2) is 18.2 Å². The van der Waals surface area contributed by atoms with E-state index in [2.05, 4.69) is 4.90 Å². The van der Waals surface area contributed by atoms with E-state index in [4.69, 9.17) is 25.8 Å². The van der Waals surface area contributed by atoms with Gasteiger partial charge in [0.2, 0.25) is 0 Å². The number of hydrogen-bond donors (Lipinski definition) is 0. The third kappa shape index (κ3) is 3.49. The Kier molecular flexibility index (Phi) is 4.48. The molecule has 1 saturated heterocycles. The number of nitrogens with zero attached hydrogens (tertiary/aromatic N) is 1. The van der Waals surface area contributed by atoms with Gasteiger partial charge in [-0.2, -0.15) is 0 Å². The van der Waals surface area contributed by atoms with Crippen LogP contribution >= 0.6 is 11.6 Å². The highest BCUT2D eigenvalue weighted by atomic mass is 35.5. The molecule has 2 rings (SSSR count). The van der Waals surface area contributed by atoms with Crippen molar-refractivity contribution in [2.75, 3.05) is 40.1 Å². The molecule has 1 fully saturated rings. The van der Waals surface area contributed by atoms with Crippen LogP contribution in [-0.4, -0.2) is 45.0 Å². The molecule has 1 aromatic carbocycles. The average Bonchev–Trinajstić information content (AvgIpc) is 2.38. The summed E-state index contributed by atoms with van der Waals surface area (Å²) in [6.45, 7) is 3.87. The molecule has 0 saturated carbocycles. The van der Waals surface area contributed by atoms with Gasteiger partial charge in [0.25, 0.3) is 0 Å². The van der Waals surface area contributed by atoms with E-state index in [9.17, 15) is 0 Å². The molecule has 0 amide bonds. The number of morpholine rings is 1. The van der Waals surface area contributed by atoms with Crippen molar-refractivity contribution < 1.29 is 14.2 Å². The summed E-state index contributed by atoms with van der Waals surface area (Å²) in [6, 6.07) is 5.36. The van der Waals surface area contributed by atoms with E-state index in [1.807, 2.05) is 6.07 Å². The number of rotatable bonds is 4. The van der Waals surface area contributed by atoms with E-state index >= 15 is 0 Å². The monoisotopic (exact) mass is 257 g/mol. The molecule has 0 radical (unpaired) electrons. The van der Waals surface area contributed by atoms with Gasteiger partial charge in [-0.1, -0.05) is 11.6 Å². The predicted octanol–water partition coefficient (Wildman–Crippen LogP) is 2.02. The third-order valence-corrected chi connectivity index (χ3v) is 2.87. The van der Waals surface area contributed by atoms with Crippen molar-refractivity contribution in [3.63, 3.8) is 0 Å². The van der Waals surface area contributed by atoms with Gasteiger partial charge in [-0.05, 0) is 12.1 Å². The summed E-state index contributed by atoms with van der Waals surface area (Å²) < 4.78 is 16.2. The molecule has 94 valence electrons. The zero-order valence-corrected chi connectivity index (χ0v) is 10.6. The van der Waals surface area contributed by atoms with Crippen LogP contribution in [-0.2, 0) is 4.74 Å². The normalized spacial score (nSPS) is 16.8. The first-order valence-corrected chi connectivity index (χ1v) is 5.94. The van der Waals surface area contributed by atoms with E-state index in [1.54, 1.807) is 19.2 Å². The molecule has 17 heavy (non-hydrogen) atoms. The lowest BCUT2D eigenvalue weighted by Gasteiger charge is -2.26. The minimum Gasteiger partial charge on any atom is -0.493 e. The molecule has 0 spiro atoms. The number of hydrogen-bond acceptors (Lipinski definition) is 4. The van der Waals surface area contributed by atoms with Gasteiger partial charge >= 0.3 is 0 Å². The van der Waals surface area contributed by atoms with Gasteiger partial charge in [-0.15, -0.1) is 0 Å². The van der Waals surface area contributed by atoms with Crippen molar-refractivity contribution in [1.82, 2.24) is 4.90 Å². The van der Waals surface area contributed by atoms with Gasteiger partial charge in [0, 0.05) is 24.2 Å². The third-order valence-electron chi connectivity index (χ3n) is 2.63. The summed E-state index contributed by atoms with van der Waals surface area (Å²) in [6.07, 6.45) is 0. The molecule has 5 heteroatoms. The number of methoxy groups -OCH3 is 1. The van der Waals surface area contributed by atoms with Crippen molar-refractivity contribution in [2.45, 2.75) is 0 Å². The summed E-state index contributed by atoms with van der Waals surface area (Å²) in [7, 11) is 1.60. The summed E-state index contributed by atoms with van der Waals surface area (Å²) in [5.41, 5.74) is 0. The second-order valence-electron chi connectivity index (χ2n) is 3.80. The van der Waals surface area contributed by atoms with Crippen LogP contribution < -0.4 is 9.47 Å². The van der Waals surface area contributed by atoms with Crippen LogP contribution in [0.5, 0.6) is 11.5 Å². The molecule has 0 N–H and O–H groups in total. The maximum atomic E-state index is 5.88. The average molecular weight is 258 g/mol. The van der Waals surface area contributed by atoms with E-state index in [0.717, 1.165) is 26.3 Å². The predicted molar refractivity (Wildman–Crippen MR) is 65.9 cm³/mol. The van der Waals surface area contributed by atoms with Crippen molar-refractivity contribution in [3.8, 4) is 11.5 Å². The Bertz CT molecular complexity index is 367. The smallest absolute Gasteiger partial charge is 0.163 e. The summed E-state index contributed by atoms with van der Waals surface area (Å²) >= 11 is 5.88. The second-order valence-corrected chi connectivity index (χ2v) is 4.24. The standard InChI is InChI=1S/C12H16ClNO3/c1-15-12-8-10(13)2-3-11(12)17-9-14-4-6-16-7-5-14/h2-3,8H,4-7,9H2,1H3. The molecule has 4 nitrogen and oxygen atoms in total. The zero-order valence-electron chi connectivity index (χ0n) is 9.82. The van der Waals surface area contributed by atoms with Gasteiger partial charge in [0.05, 0.1) is 20.3 Å². The Morgan fingerprint density at radius 2 is 2.06 bits per heavy atom. The molecule has 1 heterocycles. The Labute approximate surface area is 106 Å². The van der Waals surface area contributed by atoms with Gasteiger partial charge in [-0.25, -0.2) is 0 Å². The summed E-state index contributed by atoms with van der Waals surface area (Å²) in [4.78, 5) is 2.19. The largest absolute Gasteiger partial charge is 0.493 e. The highest BCUT2D eigenvalue weighted by Gasteiger charge is 2.12. The molecule has 1 aromatic rings. The van der Waals surface area contributed by atoms with Gasteiger partial charge in [0.15, 0.2) is 11.5 Å². The molecule has 0 unspecified atom stereocenters. The Hall–Kier alpha value is -0.970. The number of ether oxygens (including phenoxy) is 3. The molecule has 0 aromatic heterocycles. The Morgan fingerprint density at radius 3 is 2.76 bits per heavy atom. The SMILES string of the molecule is COc1cc(Cl)ccc1OCN1CCOCC1. The first kappa shape index (κ1) is 12.5. The number of halogens is 1. The molecule has 1 aliphatic rings. The van der Waals surface area contributed by atoms with E-state index in [-0.39, 0.29) is 0 Å². The maximum absolute atomic E-state index is 5.88. The van der Waals surface area contributed by atoms with Crippen LogP contribution in [0, 0.1) is 0 Å². The van der Waals surface area contributed by atoms with Crippen LogP contribution in [0.4, 0.5) is 0 Å². The van der Waals surface area contributed by atoms with Crippen LogP contribution in [0.2, 0.25) is 5.02 Å². The topological polar surface area (TPSA) is 30.9 Å². The molecular weight excluding hydrogens is 242 g/mol. The first-order chi connectivity index (χ1) is 8.29.